The first-order valence-electron chi connectivity index (χ1n) is 5.23. The highest BCUT2D eigenvalue weighted by atomic mass is 16.2. The molecule has 0 rings (SSSR count). The van der Waals surface area contributed by atoms with E-state index >= 15 is 0 Å². The predicted octanol–water partition coefficient (Wildman–Crippen LogP) is 1.93. The van der Waals surface area contributed by atoms with Crippen LogP contribution < -0.4 is 5.32 Å². The Morgan fingerprint density at radius 2 is 1.58 bits per heavy atom. The number of nitrogens with one attached hydrogen (secondary N) is 1. The standard InChI is InChI=1S/C10H23NO/c1-2-3-5-8-11-9-6-4-7-10-12/h11-12H,2-10H2,1H3. The summed E-state index contributed by atoms with van der Waals surface area (Å²) in [5.74, 6) is 0. The van der Waals surface area contributed by atoms with Crippen molar-refractivity contribution in [2.75, 3.05) is 19.7 Å². The van der Waals surface area contributed by atoms with Crippen molar-refractivity contribution in [2.24, 2.45) is 0 Å². The lowest BCUT2D eigenvalue weighted by atomic mass is 10.2. The number of hydrogen-bond acceptors (Lipinski definition) is 2. The van der Waals surface area contributed by atoms with Gasteiger partial charge in [0.25, 0.3) is 0 Å². The summed E-state index contributed by atoms with van der Waals surface area (Å²) in [6.07, 6.45) is 7.24. The lowest BCUT2D eigenvalue weighted by Crippen LogP contribution is -2.16. The van der Waals surface area contributed by atoms with Gasteiger partial charge in [-0.2, -0.15) is 0 Å². The van der Waals surface area contributed by atoms with Gasteiger partial charge in [0.2, 0.25) is 0 Å². The summed E-state index contributed by atoms with van der Waals surface area (Å²) < 4.78 is 0. The molecule has 12 heavy (non-hydrogen) atoms. The molecule has 0 spiro atoms. The third-order valence-corrected chi connectivity index (χ3v) is 1.97. The molecule has 0 bridgehead atoms. The Labute approximate surface area is 76.4 Å². The fourth-order valence-electron chi connectivity index (χ4n) is 1.16. The zero-order chi connectivity index (χ0) is 9.07. The molecule has 0 aliphatic rings. The predicted molar refractivity (Wildman–Crippen MR) is 53.3 cm³/mol. The molecule has 2 N–H and O–H groups in total. The van der Waals surface area contributed by atoms with E-state index in [2.05, 4.69) is 12.2 Å². The van der Waals surface area contributed by atoms with Gasteiger partial charge in [-0.1, -0.05) is 19.8 Å². The molecule has 0 radical (unpaired) electrons. The second-order valence-electron chi connectivity index (χ2n) is 3.24. The number of aliphatic hydroxyl groups is 1. The molecule has 2 heteroatoms. The fourth-order valence-corrected chi connectivity index (χ4v) is 1.16. The zero-order valence-corrected chi connectivity index (χ0v) is 8.31. The Balaban J connectivity index is 2.73. The van der Waals surface area contributed by atoms with Crippen LogP contribution in [0.1, 0.15) is 45.4 Å². The third-order valence-electron chi connectivity index (χ3n) is 1.97. The molecule has 0 aliphatic heterocycles. The van der Waals surface area contributed by atoms with Gasteiger partial charge in [0.1, 0.15) is 0 Å². The Bertz CT molecular complexity index is 66.2. The first-order chi connectivity index (χ1) is 5.91. The largest absolute Gasteiger partial charge is 0.396 e. The molecule has 0 saturated heterocycles. The van der Waals surface area contributed by atoms with E-state index in [1.165, 1.54) is 25.7 Å². The van der Waals surface area contributed by atoms with E-state index < -0.39 is 0 Å². The van der Waals surface area contributed by atoms with Gasteiger partial charge in [-0.3, -0.25) is 0 Å². The second kappa shape index (κ2) is 10.9. The number of aliphatic hydroxyl groups excluding tert-OH is 1. The van der Waals surface area contributed by atoms with Gasteiger partial charge in [0.15, 0.2) is 0 Å². The van der Waals surface area contributed by atoms with Gasteiger partial charge >= 0.3 is 0 Å². The summed E-state index contributed by atoms with van der Waals surface area (Å²) >= 11 is 0. The molecule has 0 aliphatic carbocycles. The fraction of sp³-hybridized carbons (Fsp3) is 1.00. The average molecular weight is 173 g/mol. The van der Waals surface area contributed by atoms with Crippen molar-refractivity contribution >= 4 is 0 Å². The van der Waals surface area contributed by atoms with E-state index in [4.69, 9.17) is 5.11 Å². The minimum absolute atomic E-state index is 0.343. The third kappa shape index (κ3) is 9.92. The van der Waals surface area contributed by atoms with Crippen LogP contribution in [-0.4, -0.2) is 24.8 Å². The van der Waals surface area contributed by atoms with Crippen molar-refractivity contribution in [3.05, 3.63) is 0 Å². The van der Waals surface area contributed by atoms with Crippen LogP contribution in [0.25, 0.3) is 0 Å². The highest BCUT2D eigenvalue weighted by molar-refractivity contribution is 4.48. The van der Waals surface area contributed by atoms with Crippen molar-refractivity contribution in [1.82, 2.24) is 5.32 Å². The lowest BCUT2D eigenvalue weighted by Gasteiger charge is -2.02. The van der Waals surface area contributed by atoms with Gasteiger partial charge in [-0.05, 0) is 38.8 Å². The number of unbranched alkanes of at least 4 members (excludes halogenated alkanes) is 4. The molecule has 74 valence electrons. The molecule has 0 fully saturated rings. The van der Waals surface area contributed by atoms with E-state index in [1.807, 2.05) is 0 Å². The summed E-state index contributed by atoms with van der Waals surface area (Å²) in [5.41, 5.74) is 0. The Morgan fingerprint density at radius 3 is 2.17 bits per heavy atom. The maximum atomic E-state index is 8.52. The normalized spacial score (nSPS) is 10.5. The van der Waals surface area contributed by atoms with Gasteiger partial charge in [0.05, 0.1) is 0 Å². The monoisotopic (exact) mass is 173 g/mol. The molecule has 2 nitrogen and oxygen atoms in total. The van der Waals surface area contributed by atoms with Crippen molar-refractivity contribution in [3.63, 3.8) is 0 Å². The molecule has 0 aromatic heterocycles. The van der Waals surface area contributed by atoms with Crippen LogP contribution in [0.5, 0.6) is 0 Å². The molecule has 0 aromatic carbocycles. The van der Waals surface area contributed by atoms with Crippen molar-refractivity contribution in [3.8, 4) is 0 Å². The quantitative estimate of drug-likeness (QED) is 0.522. The lowest BCUT2D eigenvalue weighted by molar-refractivity contribution is 0.283. The summed E-state index contributed by atoms with van der Waals surface area (Å²) in [6, 6.07) is 0. The Morgan fingerprint density at radius 1 is 0.917 bits per heavy atom. The van der Waals surface area contributed by atoms with Gasteiger partial charge in [0, 0.05) is 6.61 Å². The van der Waals surface area contributed by atoms with Gasteiger partial charge in [-0.25, -0.2) is 0 Å². The molecular formula is C10H23NO. The van der Waals surface area contributed by atoms with Crippen LogP contribution in [0, 0.1) is 0 Å². The summed E-state index contributed by atoms with van der Waals surface area (Å²) in [5, 5.41) is 11.9. The highest BCUT2D eigenvalue weighted by Crippen LogP contribution is 1.93. The SMILES string of the molecule is CCCCCNCCCCCO. The minimum atomic E-state index is 0.343. The minimum Gasteiger partial charge on any atom is -0.396 e. The van der Waals surface area contributed by atoms with Crippen molar-refractivity contribution < 1.29 is 5.11 Å². The molecule has 0 unspecified atom stereocenters. The van der Waals surface area contributed by atoms with E-state index in [0.717, 1.165) is 25.9 Å². The molecule has 0 heterocycles. The van der Waals surface area contributed by atoms with Crippen LogP contribution >= 0.6 is 0 Å². The van der Waals surface area contributed by atoms with Crippen LogP contribution in [0.2, 0.25) is 0 Å². The summed E-state index contributed by atoms with van der Waals surface area (Å²) in [4.78, 5) is 0. The van der Waals surface area contributed by atoms with E-state index in [-0.39, 0.29) is 0 Å². The maximum Gasteiger partial charge on any atom is 0.0431 e. The zero-order valence-electron chi connectivity index (χ0n) is 8.31. The van der Waals surface area contributed by atoms with Gasteiger partial charge in [-0.15, -0.1) is 0 Å². The summed E-state index contributed by atoms with van der Waals surface area (Å²) in [6.45, 7) is 4.84. The summed E-state index contributed by atoms with van der Waals surface area (Å²) in [7, 11) is 0. The van der Waals surface area contributed by atoms with Crippen molar-refractivity contribution in [1.29, 1.82) is 0 Å². The number of rotatable bonds is 9. The van der Waals surface area contributed by atoms with Crippen molar-refractivity contribution in [2.45, 2.75) is 45.4 Å². The Hall–Kier alpha value is -0.0800. The molecule has 0 amide bonds. The van der Waals surface area contributed by atoms with Crippen LogP contribution in [0.15, 0.2) is 0 Å². The topological polar surface area (TPSA) is 32.3 Å². The molecule has 0 atom stereocenters. The van der Waals surface area contributed by atoms with Gasteiger partial charge < -0.3 is 10.4 Å². The highest BCUT2D eigenvalue weighted by Gasteiger charge is 1.88. The van der Waals surface area contributed by atoms with E-state index in [0.29, 0.717) is 6.61 Å². The van der Waals surface area contributed by atoms with Crippen LogP contribution in [0.3, 0.4) is 0 Å². The first-order valence-corrected chi connectivity index (χ1v) is 5.23. The molecule has 0 aromatic rings. The first kappa shape index (κ1) is 11.9. The number of hydrogen-bond donors (Lipinski definition) is 2. The smallest absolute Gasteiger partial charge is 0.0431 e. The molecular weight excluding hydrogens is 150 g/mol. The maximum absolute atomic E-state index is 8.52. The second-order valence-corrected chi connectivity index (χ2v) is 3.24. The average Bonchev–Trinajstić information content (AvgIpc) is 2.10. The van der Waals surface area contributed by atoms with Crippen LogP contribution in [0.4, 0.5) is 0 Å². The van der Waals surface area contributed by atoms with Crippen LogP contribution in [-0.2, 0) is 0 Å². The van der Waals surface area contributed by atoms with E-state index in [9.17, 15) is 0 Å². The Kier molecular flexibility index (Phi) is 10.8. The molecule has 0 saturated carbocycles. The van der Waals surface area contributed by atoms with E-state index in [1.54, 1.807) is 0 Å².